The number of nitro groups is 1. The molecule has 1 aromatic heterocycles. The molecule has 0 bridgehead atoms. The topological polar surface area (TPSA) is 136 Å². The van der Waals surface area contributed by atoms with Crippen molar-refractivity contribution in [1.29, 1.82) is 10.5 Å². The number of nitrogens with zero attached hydrogens (tertiary/aromatic N) is 3. The Labute approximate surface area is 102 Å². The fourth-order valence-electron chi connectivity index (χ4n) is 1.18. The quantitative estimate of drug-likeness (QED) is 0.440. The number of allylic oxidation sites excluding steroid dienone is 1. The summed E-state index contributed by atoms with van der Waals surface area (Å²) in [6.45, 7) is -0.146. The van der Waals surface area contributed by atoms with Gasteiger partial charge in [-0.1, -0.05) is 0 Å². The second-order valence-corrected chi connectivity index (χ2v) is 3.02. The largest absolute Gasteiger partial charge is 0.433 e. The Morgan fingerprint density at radius 2 is 2.17 bits per heavy atom. The van der Waals surface area contributed by atoms with E-state index < -0.39 is 10.8 Å². The first kappa shape index (κ1) is 13.2. The second kappa shape index (κ2) is 6.03. The van der Waals surface area contributed by atoms with Gasteiger partial charge in [-0.05, 0) is 6.07 Å². The van der Waals surface area contributed by atoms with E-state index in [1.54, 1.807) is 12.1 Å². The molecule has 8 nitrogen and oxygen atoms in total. The maximum Gasteiger partial charge on any atom is 0.433 e. The predicted molar refractivity (Wildman–Crippen MR) is 58.6 cm³/mol. The molecule has 0 aliphatic rings. The first-order valence-corrected chi connectivity index (χ1v) is 4.77. The molecule has 0 spiro atoms. The van der Waals surface area contributed by atoms with Gasteiger partial charge in [-0.15, -0.1) is 0 Å². The standard InChI is InChI=1S/C10H8N4O4/c11-5-7(6-12)10(13-3-4-15)8-1-2-9(18-8)14(16)17/h1-2,13,15H,3-4H2. The van der Waals surface area contributed by atoms with Gasteiger partial charge < -0.3 is 14.8 Å². The van der Waals surface area contributed by atoms with Crippen LogP contribution >= 0.6 is 0 Å². The summed E-state index contributed by atoms with van der Waals surface area (Å²) in [6.07, 6.45) is 0. The Morgan fingerprint density at radius 1 is 1.50 bits per heavy atom. The van der Waals surface area contributed by atoms with Gasteiger partial charge in [0, 0.05) is 6.54 Å². The summed E-state index contributed by atoms with van der Waals surface area (Å²) in [7, 11) is 0. The van der Waals surface area contributed by atoms with Gasteiger partial charge in [-0.25, -0.2) is 0 Å². The third-order valence-corrected chi connectivity index (χ3v) is 1.91. The molecule has 1 aromatic rings. The molecule has 0 unspecified atom stereocenters. The number of hydrogen-bond acceptors (Lipinski definition) is 7. The average molecular weight is 248 g/mol. The zero-order valence-corrected chi connectivity index (χ0v) is 9.08. The molecule has 0 saturated carbocycles. The minimum absolute atomic E-state index is 0.00625. The molecular formula is C10H8N4O4. The molecule has 0 fully saturated rings. The van der Waals surface area contributed by atoms with Crippen LogP contribution in [0.2, 0.25) is 0 Å². The van der Waals surface area contributed by atoms with Crippen LogP contribution < -0.4 is 5.32 Å². The number of hydrogen-bond donors (Lipinski definition) is 2. The smallest absolute Gasteiger partial charge is 0.399 e. The van der Waals surface area contributed by atoms with Crippen molar-refractivity contribution in [1.82, 2.24) is 5.32 Å². The number of furan rings is 1. The van der Waals surface area contributed by atoms with Crippen LogP contribution in [0.25, 0.3) is 5.70 Å². The zero-order chi connectivity index (χ0) is 13.5. The molecule has 18 heavy (non-hydrogen) atoms. The summed E-state index contributed by atoms with van der Waals surface area (Å²) in [4.78, 5) is 9.73. The number of aliphatic hydroxyl groups excluding tert-OH is 1. The van der Waals surface area contributed by atoms with Gasteiger partial charge in [-0.3, -0.25) is 10.1 Å². The Balaban J connectivity index is 3.19. The third-order valence-electron chi connectivity index (χ3n) is 1.91. The van der Waals surface area contributed by atoms with Crippen molar-refractivity contribution in [3.8, 4) is 12.1 Å². The number of nitrogens with one attached hydrogen (secondary N) is 1. The fourth-order valence-corrected chi connectivity index (χ4v) is 1.18. The molecule has 1 heterocycles. The highest BCUT2D eigenvalue weighted by Crippen LogP contribution is 2.22. The monoisotopic (exact) mass is 248 g/mol. The highest BCUT2D eigenvalue weighted by atomic mass is 16.6. The van der Waals surface area contributed by atoms with E-state index in [0.29, 0.717) is 0 Å². The van der Waals surface area contributed by atoms with Crippen LogP contribution in [0.15, 0.2) is 22.1 Å². The minimum atomic E-state index is -0.731. The Bertz CT molecular complexity index is 545. The summed E-state index contributed by atoms with van der Waals surface area (Å²) in [5.41, 5.74) is -0.269. The fraction of sp³-hybridized carbons (Fsp3) is 0.200. The lowest BCUT2D eigenvalue weighted by atomic mass is 10.2. The molecule has 92 valence electrons. The Kier molecular flexibility index (Phi) is 4.43. The summed E-state index contributed by atoms with van der Waals surface area (Å²) in [6, 6.07) is 5.67. The predicted octanol–water partition coefficient (Wildman–Crippen LogP) is 0.528. The van der Waals surface area contributed by atoms with Crippen molar-refractivity contribution in [2.45, 2.75) is 0 Å². The summed E-state index contributed by atoms with van der Waals surface area (Å²) < 4.78 is 4.89. The van der Waals surface area contributed by atoms with Gasteiger partial charge in [0.05, 0.1) is 12.7 Å². The van der Waals surface area contributed by atoms with Crippen LogP contribution in [0.5, 0.6) is 0 Å². The highest BCUT2D eigenvalue weighted by molar-refractivity contribution is 5.71. The van der Waals surface area contributed by atoms with Gasteiger partial charge >= 0.3 is 5.88 Å². The lowest BCUT2D eigenvalue weighted by molar-refractivity contribution is -0.402. The summed E-state index contributed by atoms with van der Waals surface area (Å²) in [5.74, 6) is -0.503. The Hall–Kier alpha value is -2.84. The van der Waals surface area contributed by atoms with Crippen molar-refractivity contribution >= 4 is 11.6 Å². The van der Waals surface area contributed by atoms with E-state index in [0.717, 1.165) is 6.07 Å². The van der Waals surface area contributed by atoms with Gasteiger partial charge in [0.2, 0.25) is 0 Å². The molecule has 0 atom stereocenters. The molecule has 8 heteroatoms. The van der Waals surface area contributed by atoms with E-state index in [2.05, 4.69) is 5.32 Å². The van der Waals surface area contributed by atoms with Crippen molar-refractivity contribution in [2.75, 3.05) is 13.2 Å². The van der Waals surface area contributed by atoms with E-state index in [1.807, 2.05) is 0 Å². The lowest BCUT2D eigenvalue weighted by Crippen LogP contribution is -2.17. The SMILES string of the molecule is N#CC(C#N)=C(NCCO)c1ccc([N+](=O)[O-])o1. The summed E-state index contributed by atoms with van der Waals surface area (Å²) in [5, 5.41) is 39.3. The number of nitriles is 2. The zero-order valence-electron chi connectivity index (χ0n) is 9.08. The molecule has 0 amide bonds. The third kappa shape index (κ3) is 2.84. The van der Waals surface area contributed by atoms with Gasteiger partial charge in [-0.2, -0.15) is 10.5 Å². The molecule has 1 rings (SSSR count). The molecule has 0 aromatic carbocycles. The van der Waals surface area contributed by atoms with Crippen LogP contribution in [-0.4, -0.2) is 23.2 Å². The molecule has 0 aliphatic carbocycles. The first-order chi connectivity index (χ1) is 8.63. The summed E-state index contributed by atoms with van der Waals surface area (Å²) >= 11 is 0. The van der Waals surface area contributed by atoms with E-state index in [-0.39, 0.29) is 30.2 Å². The number of rotatable bonds is 5. The van der Waals surface area contributed by atoms with Crippen molar-refractivity contribution < 1.29 is 14.4 Å². The van der Waals surface area contributed by atoms with Gasteiger partial charge in [0.1, 0.15) is 22.8 Å². The average Bonchev–Trinajstić information content (AvgIpc) is 2.84. The van der Waals surface area contributed by atoms with Crippen molar-refractivity contribution in [2.24, 2.45) is 0 Å². The van der Waals surface area contributed by atoms with Gasteiger partial charge in [0.15, 0.2) is 11.3 Å². The van der Waals surface area contributed by atoms with E-state index in [9.17, 15) is 10.1 Å². The Morgan fingerprint density at radius 3 is 2.61 bits per heavy atom. The van der Waals surface area contributed by atoms with Crippen LogP contribution in [0.3, 0.4) is 0 Å². The van der Waals surface area contributed by atoms with E-state index in [4.69, 9.17) is 20.0 Å². The maximum absolute atomic E-state index is 10.5. The highest BCUT2D eigenvalue weighted by Gasteiger charge is 2.17. The molecule has 2 N–H and O–H groups in total. The lowest BCUT2D eigenvalue weighted by Gasteiger charge is -2.06. The first-order valence-electron chi connectivity index (χ1n) is 4.77. The minimum Gasteiger partial charge on any atom is -0.399 e. The molecule has 0 aliphatic heterocycles. The molecule has 0 saturated heterocycles. The maximum atomic E-state index is 10.5. The number of aliphatic hydroxyl groups is 1. The molecular weight excluding hydrogens is 240 g/mol. The van der Waals surface area contributed by atoms with E-state index in [1.165, 1.54) is 6.07 Å². The van der Waals surface area contributed by atoms with Gasteiger partial charge in [0.25, 0.3) is 0 Å². The molecule has 0 radical (unpaired) electrons. The van der Waals surface area contributed by atoms with Crippen LogP contribution in [0.4, 0.5) is 5.88 Å². The van der Waals surface area contributed by atoms with Crippen LogP contribution in [0, 0.1) is 32.8 Å². The van der Waals surface area contributed by atoms with Crippen molar-refractivity contribution in [3.63, 3.8) is 0 Å². The van der Waals surface area contributed by atoms with Crippen molar-refractivity contribution in [3.05, 3.63) is 33.6 Å². The normalized spacial score (nSPS) is 9.06. The second-order valence-electron chi connectivity index (χ2n) is 3.02. The van der Waals surface area contributed by atoms with Crippen LogP contribution in [0.1, 0.15) is 5.76 Å². The van der Waals surface area contributed by atoms with Crippen LogP contribution in [-0.2, 0) is 0 Å². The van der Waals surface area contributed by atoms with E-state index >= 15 is 0 Å².